The number of nitrogens with zero attached hydrogens (tertiary/aromatic N) is 3. The van der Waals surface area contributed by atoms with Crippen LogP contribution in [-0.4, -0.2) is 59.1 Å². The van der Waals surface area contributed by atoms with Crippen molar-refractivity contribution < 1.29 is 23.2 Å². The number of carbonyl (C=O) groups excluding carboxylic acids is 2. The number of benzene rings is 2. The van der Waals surface area contributed by atoms with Crippen LogP contribution in [-0.2, 0) is 16.1 Å². The van der Waals surface area contributed by atoms with Gasteiger partial charge in [0.05, 0.1) is 10.6 Å². The van der Waals surface area contributed by atoms with E-state index in [2.05, 4.69) is 22.2 Å². The van der Waals surface area contributed by atoms with Gasteiger partial charge in [0, 0.05) is 32.7 Å². The van der Waals surface area contributed by atoms with Gasteiger partial charge in [0.25, 0.3) is 5.91 Å². The molecule has 1 aliphatic rings. The van der Waals surface area contributed by atoms with Crippen LogP contribution in [0.5, 0.6) is 0 Å². The Morgan fingerprint density at radius 2 is 1.82 bits per heavy atom. The van der Waals surface area contributed by atoms with Crippen LogP contribution in [0.1, 0.15) is 28.6 Å². The van der Waals surface area contributed by atoms with Gasteiger partial charge in [-0.1, -0.05) is 53.2 Å². The Labute approximate surface area is 202 Å². The van der Waals surface area contributed by atoms with E-state index in [0.29, 0.717) is 13.1 Å². The van der Waals surface area contributed by atoms with Crippen molar-refractivity contribution in [3.05, 3.63) is 76.3 Å². The number of rotatable bonds is 6. The van der Waals surface area contributed by atoms with Gasteiger partial charge in [0.15, 0.2) is 6.10 Å². The molecule has 0 spiro atoms. The first-order valence-electron chi connectivity index (χ1n) is 11.0. The second-order valence-electron chi connectivity index (χ2n) is 8.19. The smallest absolute Gasteiger partial charge is 0.344 e. The molecule has 1 amide bonds. The van der Waals surface area contributed by atoms with Crippen molar-refractivity contribution in [1.82, 2.24) is 15.0 Å². The Balaban J connectivity index is 1.39. The summed E-state index contributed by atoms with van der Waals surface area (Å²) >= 11 is 6.13. The fourth-order valence-corrected chi connectivity index (χ4v) is 4.25. The maximum Gasteiger partial charge on any atom is 0.344 e. The molecule has 7 nitrogen and oxygen atoms in total. The van der Waals surface area contributed by atoms with Crippen LogP contribution >= 0.6 is 11.6 Å². The average Bonchev–Trinajstić information content (AvgIpc) is 3.20. The summed E-state index contributed by atoms with van der Waals surface area (Å²) in [6, 6.07) is 14.3. The monoisotopic (exact) mass is 485 g/mol. The molecule has 0 saturated carbocycles. The maximum atomic E-state index is 14.4. The molecule has 1 atom stereocenters. The molecule has 0 N–H and O–H groups in total. The molecule has 0 radical (unpaired) electrons. The number of ether oxygens (including phenoxy) is 1. The first-order chi connectivity index (χ1) is 16.3. The van der Waals surface area contributed by atoms with Crippen molar-refractivity contribution in [2.75, 3.05) is 26.2 Å². The summed E-state index contributed by atoms with van der Waals surface area (Å²) in [5, 5.41) is 3.90. The van der Waals surface area contributed by atoms with Crippen LogP contribution in [0, 0.1) is 12.7 Å². The highest BCUT2D eigenvalue weighted by Gasteiger charge is 2.31. The largest absolute Gasteiger partial charge is 0.449 e. The Kier molecular flexibility index (Phi) is 7.29. The molecule has 4 rings (SSSR count). The molecule has 3 aromatic rings. The van der Waals surface area contributed by atoms with Gasteiger partial charge in [-0.25, -0.2) is 9.18 Å². The summed E-state index contributed by atoms with van der Waals surface area (Å²) in [7, 11) is 0. The normalized spacial score (nSPS) is 15.2. The zero-order chi connectivity index (χ0) is 24.2. The van der Waals surface area contributed by atoms with Crippen LogP contribution in [0.2, 0.25) is 5.02 Å². The predicted molar refractivity (Wildman–Crippen MR) is 125 cm³/mol. The van der Waals surface area contributed by atoms with E-state index >= 15 is 0 Å². The van der Waals surface area contributed by atoms with Crippen LogP contribution in [0.25, 0.3) is 11.3 Å². The lowest BCUT2D eigenvalue weighted by Gasteiger charge is -2.35. The third-order valence-corrected chi connectivity index (χ3v) is 6.15. The van der Waals surface area contributed by atoms with Gasteiger partial charge < -0.3 is 14.2 Å². The lowest BCUT2D eigenvalue weighted by atomic mass is 10.1. The molecule has 1 aromatic heterocycles. The van der Waals surface area contributed by atoms with E-state index in [1.54, 1.807) is 4.90 Å². The fourth-order valence-electron chi connectivity index (χ4n) is 4.00. The molecule has 9 heteroatoms. The van der Waals surface area contributed by atoms with E-state index < -0.39 is 17.9 Å². The van der Waals surface area contributed by atoms with Gasteiger partial charge in [-0.2, -0.15) is 0 Å². The minimum absolute atomic E-state index is 0.0542. The van der Waals surface area contributed by atoms with E-state index in [0.717, 1.165) is 19.6 Å². The van der Waals surface area contributed by atoms with E-state index in [1.165, 1.54) is 37.6 Å². The zero-order valence-corrected chi connectivity index (χ0v) is 19.7. The highest BCUT2D eigenvalue weighted by Crippen LogP contribution is 2.34. The molecule has 2 heterocycles. The van der Waals surface area contributed by atoms with Gasteiger partial charge >= 0.3 is 5.97 Å². The lowest BCUT2D eigenvalue weighted by Crippen LogP contribution is -2.51. The van der Waals surface area contributed by atoms with Gasteiger partial charge in [-0.15, -0.1) is 0 Å². The summed E-state index contributed by atoms with van der Waals surface area (Å²) in [5.41, 5.74) is 1.06. The second kappa shape index (κ2) is 10.4. The topological polar surface area (TPSA) is 75.9 Å². The van der Waals surface area contributed by atoms with E-state index in [-0.39, 0.29) is 33.5 Å². The van der Waals surface area contributed by atoms with E-state index in [1.807, 2.05) is 18.2 Å². The van der Waals surface area contributed by atoms with Crippen molar-refractivity contribution >= 4 is 23.5 Å². The lowest BCUT2D eigenvalue weighted by molar-refractivity contribution is -0.141. The van der Waals surface area contributed by atoms with Crippen molar-refractivity contribution in [2.45, 2.75) is 26.5 Å². The molecule has 1 saturated heterocycles. The Bertz CT molecular complexity index is 1160. The maximum absolute atomic E-state index is 14.4. The summed E-state index contributed by atoms with van der Waals surface area (Å²) < 4.78 is 25.0. The van der Waals surface area contributed by atoms with Crippen LogP contribution in [0.15, 0.2) is 53.1 Å². The Hall–Kier alpha value is -3.23. The fraction of sp³-hybridized carbons (Fsp3) is 0.320. The number of hydrogen-bond acceptors (Lipinski definition) is 6. The number of hydrogen-bond donors (Lipinski definition) is 0. The van der Waals surface area contributed by atoms with E-state index in [9.17, 15) is 14.0 Å². The average molecular weight is 486 g/mol. The zero-order valence-electron chi connectivity index (χ0n) is 19.0. The number of aryl methyl sites for hydroxylation is 1. The number of aromatic nitrogens is 1. The van der Waals surface area contributed by atoms with E-state index in [4.69, 9.17) is 20.9 Å². The number of carbonyl (C=O) groups is 2. The Morgan fingerprint density at radius 3 is 2.50 bits per heavy atom. The highest BCUT2D eigenvalue weighted by molar-refractivity contribution is 6.33. The van der Waals surface area contributed by atoms with Crippen LogP contribution in [0.4, 0.5) is 4.39 Å². The molecule has 0 aliphatic carbocycles. The number of halogens is 2. The minimum Gasteiger partial charge on any atom is -0.449 e. The summed E-state index contributed by atoms with van der Waals surface area (Å²) in [5.74, 6) is -1.61. The van der Waals surface area contributed by atoms with Crippen molar-refractivity contribution in [2.24, 2.45) is 0 Å². The summed E-state index contributed by atoms with van der Waals surface area (Å²) in [6.45, 7) is 6.38. The molecule has 2 aromatic carbocycles. The molecular formula is C25H25ClFN3O4. The molecule has 0 bridgehead atoms. The second-order valence-corrected chi connectivity index (χ2v) is 8.60. The number of amides is 1. The van der Waals surface area contributed by atoms with Crippen LogP contribution in [0.3, 0.4) is 0 Å². The molecule has 178 valence electrons. The molecule has 1 aliphatic heterocycles. The van der Waals surface area contributed by atoms with Crippen LogP contribution < -0.4 is 0 Å². The molecule has 1 fully saturated rings. The molecule has 0 unspecified atom stereocenters. The molecule has 34 heavy (non-hydrogen) atoms. The summed E-state index contributed by atoms with van der Waals surface area (Å²) in [4.78, 5) is 29.8. The Morgan fingerprint density at radius 1 is 1.12 bits per heavy atom. The quantitative estimate of drug-likeness (QED) is 0.484. The van der Waals surface area contributed by atoms with Crippen molar-refractivity contribution in [1.29, 1.82) is 0 Å². The first-order valence-corrected chi connectivity index (χ1v) is 11.4. The third-order valence-electron chi connectivity index (χ3n) is 5.83. The van der Waals surface area contributed by atoms with Crippen molar-refractivity contribution in [3.8, 4) is 11.3 Å². The standard InChI is InChI=1S/C25H25ClFN3O4/c1-16-21(23(28-34-16)22-19(26)9-6-10-20(22)27)25(32)33-17(2)24(31)30-13-11-29(12-14-30)15-18-7-4-3-5-8-18/h3-10,17H,11-15H2,1-2H3/t17-/m1/s1. The first kappa shape index (κ1) is 23.9. The van der Waals surface area contributed by atoms with Gasteiger partial charge in [-0.3, -0.25) is 9.69 Å². The van der Waals surface area contributed by atoms with Crippen molar-refractivity contribution in [3.63, 3.8) is 0 Å². The highest BCUT2D eigenvalue weighted by atomic mass is 35.5. The SMILES string of the molecule is Cc1onc(-c2c(F)cccc2Cl)c1C(=O)O[C@H](C)C(=O)N1CCN(Cc2ccccc2)CC1. The summed E-state index contributed by atoms with van der Waals surface area (Å²) in [6.07, 6.45) is -1.02. The van der Waals surface area contributed by atoms with Gasteiger partial charge in [-0.05, 0) is 31.5 Å². The van der Waals surface area contributed by atoms with Gasteiger partial charge in [0.2, 0.25) is 0 Å². The third kappa shape index (κ3) is 5.13. The number of piperazine rings is 1. The minimum atomic E-state index is -1.02. The number of esters is 1. The van der Waals surface area contributed by atoms with Gasteiger partial charge in [0.1, 0.15) is 22.8 Å². The predicted octanol–water partition coefficient (Wildman–Crippen LogP) is 4.33. The molecular weight excluding hydrogens is 461 g/mol.